The summed E-state index contributed by atoms with van der Waals surface area (Å²) >= 11 is 0. The Bertz CT molecular complexity index is 979. The Labute approximate surface area is 189 Å². The molecule has 5 atom stereocenters. The van der Waals surface area contributed by atoms with Crippen molar-refractivity contribution < 1.29 is 9.59 Å². The van der Waals surface area contributed by atoms with Crippen LogP contribution in [0, 0.1) is 11.8 Å². The maximum Gasteiger partial charge on any atom is 0.251 e. The van der Waals surface area contributed by atoms with Gasteiger partial charge in [0.2, 0.25) is 5.91 Å². The number of amides is 2. The fraction of sp³-hybridized carbons (Fsp3) is 0.462. The molecule has 0 radical (unpaired) electrons. The van der Waals surface area contributed by atoms with Crippen molar-refractivity contribution in [1.29, 1.82) is 0 Å². The molecule has 0 bridgehead atoms. The number of likely N-dealkylation sites (tertiary alicyclic amines) is 1. The molecular formula is C26H32N4O2. The van der Waals surface area contributed by atoms with E-state index in [4.69, 9.17) is 5.73 Å². The number of rotatable bonds is 4. The zero-order chi connectivity index (χ0) is 22.1. The van der Waals surface area contributed by atoms with Gasteiger partial charge in [-0.1, -0.05) is 49.2 Å². The predicted molar refractivity (Wildman–Crippen MR) is 125 cm³/mol. The van der Waals surface area contributed by atoms with Crippen molar-refractivity contribution in [3.05, 3.63) is 65.7 Å². The van der Waals surface area contributed by atoms with E-state index in [1.165, 1.54) is 5.56 Å². The van der Waals surface area contributed by atoms with Crippen molar-refractivity contribution in [1.82, 2.24) is 10.2 Å². The molecule has 1 aliphatic carbocycles. The number of benzene rings is 2. The summed E-state index contributed by atoms with van der Waals surface area (Å²) in [6.45, 7) is 1.30. The van der Waals surface area contributed by atoms with Gasteiger partial charge in [-0.05, 0) is 43.0 Å². The van der Waals surface area contributed by atoms with Gasteiger partial charge >= 0.3 is 0 Å². The Morgan fingerprint density at radius 1 is 1.00 bits per heavy atom. The number of nitrogens with zero attached hydrogens (tertiary/aromatic N) is 1. The average molecular weight is 433 g/mol. The van der Waals surface area contributed by atoms with Crippen LogP contribution >= 0.6 is 0 Å². The van der Waals surface area contributed by atoms with Gasteiger partial charge in [0.15, 0.2) is 0 Å². The molecule has 4 N–H and O–H groups in total. The van der Waals surface area contributed by atoms with Crippen LogP contribution in [-0.4, -0.2) is 41.9 Å². The second-order valence-electron chi connectivity index (χ2n) is 9.34. The van der Waals surface area contributed by atoms with Crippen molar-refractivity contribution in [3.8, 4) is 0 Å². The Kier molecular flexibility index (Phi) is 5.87. The van der Waals surface area contributed by atoms with Crippen molar-refractivity contribution in [3.63, 3.8) is 0 Å². The first kappa shape index (κ1) is 21.0. The van der Waals surface area contributed by atoms with Gasteiger partial charge in [0.05, 0.1) is 12.0 Å². The molecule has 1 saturated carbocycles. The molecule has 0 unspecified atom stereocenters. The van der Waals surface area contributed by atoms with E-state index < -0.39 is 0 Å². The predicted octanol–water partition coefficient (Wildman–Crippen LogP) is 3.32. The van der Waals surface area contributed by atoms with Crippen LogP contribution in [0.1, 0.15) is 54.1 Å². The summed E-state index contributed by atoms with van der Waals surface area (Å²) < 4.78 is 0. The number of anilines is 1. The summed E-state index contributed by atoms with van der Waals surface area (Å²) in [5, 5.41) is 6.77. The van der Waals surface area contributed by atoms with Crippen molar-refractivity contribution in [2.75, 3.05) is 18.4 Å². The molecule has 2 aromatic carbocycles. The van der Waals surface area contributed by atoms with Crippen LogP contribution in [0.15, 0.2) is 54.6 Å². The number of carbonyl (C=O) groups excluding carboxylic acids is 2. The Morgan fingerprint density at radius 2 is 1.75 bits per heavy atom. The number of fused-ring (bicyclic) bond motifs is 3. The van der Waals surface area contributed by atoms with Crippen LogP contribution in [0.2, 0.25) is 0 Å². The fourth-order valence-electron chi connectivity index (χ4n) is 5.96. The topological polar surface area (TPSA) is 87.5 Å². The van der Waals surface area contributed by atoms with Gasteiger partial charge in [-0.2, -0.15) is 0 Å². The zero-order valence-corrected chi connectivity index (χ0v) is 18.4. The van der Waals surface area contributed by atoms with Crippen LogP contribution in [0.5, 0.6) is 0 Å². The first-order chi connectivity index (χ1) is 15.7. The molecule has 0 aromatic heterocycles. The normalized spacial score (nSPS) is 28.9. The smallest absolute Gasteiger partial charge is 0.251 e. The Balaban J connectivity index is 1.38. The van der Waals surface area contributed by atoms with E-state index >= 15 is 0 Å². The molecule has 2 fully saturated rings. The van der Waals surface area contributed by atoms with E-state index in [1.54, 1.807) is 0 Å². The fourth-order valence-corrected chi connectivity index (χ4v) is 5.96. The van der Waals surface area contributed by atoms with Crippen LogP contribution in [0.4, 0.5) is 5.69 Å². The standard InChI is InChI=1S/C26H32N4O2/c27-16-23-19-14-15-30(24(19)18-10-4-6-12-21(18)28-23)26(32)20-11-5-7-13-22(20)29-25(31)17-8-2-1-3-9-17/h1-4,6,8-10,12,19-20,22-24,28H,5,7,11,13-16,27H2,(H,29,31)/t19-,20-,22+,23+,24+/m0/s1. The molecule has 3 aliphatic rings. The molecular weight excluding hydrogens is 400 g/mol. The van der Waals surface area contributed by atoms with Crippen LogP contribution < -0.4 is 16.4 Å². The SMILES string of the molecule is NC[C@H]1Nc2ccccc2[C@@H]2[C@H]1CCN2C(=O)[C@H]1CCCC[C@H]1NC(=O)c1ccccc1. The Hall–Kier alpha value is -2.86. The third-order valence-corrected chi connectivity index (χ3v) is 7.55. The molecule has 32 heavy (non-hydrogen) atoms. The molecule has 6 nitrogen and oxygen atoms in total. The highest BCUT2D eigenvalue weighted by Gasteiger charge is 2.47. The highest BCUT2D eigenvalue weighted by atomic mass is 16.2. The highest BCUT2D eigenvalue weighted by Crippen LogP contribution is 2.47. The van der Waals surface area contributed by atoms with E-state index in [9.17, 15) is 9.59 Å². The lowest BCUT2D eigenvalue weighted by molar-refractivity contribution is -0.138. The number of nitrogens with two attached hydrogens (primary N) is 1. The zero-order valence-electron chi connectivity index (χ0n) is 18.4. The molecule has 2 heterocycles. The molecule has 2 amide bonds. The van der Waals surface area contributed by atoms with Gasteiger partial charge in [0.1, 0.15) is 0 Å². The van der Waals surface area contributed by atoms with Crippen molar-refractivity contribution >= 4 is 17.5 Å². The molecule has 168 valence electrons. The van der Waals surface area contributed by atoms with Gasteiger partial charge < -0.3 is 21.3 Å². The Morgan fingerprint density at radius 3 is 2.56 bits per heavy atom. The van der Waals surface area contributed by atoms with Gasteiger partial charge in [0.25, 0.3) is 5.91 Å². The molecule has 2 aromatic rings. The van der Waals surface area contributed by atoms with E-state index in [-0.39, 0.29) is 35.9 Å². The average Bonchev–Trinajstić information content (AvgIpc) is 3.29. The lowest BCUT2D eigenvalue weighted by atomic mass is 9.81. The van der Waals surface area contributed by atoms with Gasteiger partial charge in [-0.25, -0.2) is 0 Å². The maximum atomic E-state index is 13.9. The minimum atomic E-state index is -0.173. The van der Waals surface area contributed by atoms with Gasteiger partial charge in [-0.15, -0.1) is 0 Å². The first-order valence-electron chi connectivity index (χ1n) is 11.9. The lowest BCUT2D eigenvalue weighted by Gasteiger charge is -2.41. The first-order valence-corrected chi connectivity index (χ1v) is 11.9. The minimum absolute atomic E-state index is 0.0564. The monoisotopic (exact) mass is 432 g/mol. The number of carbonyl (C=O) groups is 2. The summed E-state index contributed by atoms with van der Waals surface area (Å²) in [6.07, 6.45) is 4.69. The van der Waals surface area contributed by atoms with Crippen LogP contribution in [0.25, 0.3) is 0 Å². The van der Waals surface area contributed by atoms with Crippen molar-refractivity contribution in [2.45, 2.75) is 50.2 Å². The maximum absolute atomic E-state index is 13.9. The number of nitrogens with one attached hydrogen (secondary N) is 2. The van der Waals surface area contributed by atoms with Gasteiger partial charge in [-0.3, -0.25) is 9.59 Å². The third-order valence-electron chi connectivity index (χ3n) is 7.55. The van der Waals surface area contributed by atoms with Crippen LogP contribution in [0.3, 0.4) is 0 Å². The molecule has 5 rings (SSSR count). The molecule has 0 spiro atoms. The largest absolute Gasteiger partial charge is 0.380 e. The second-order valence-corrected chi connectivity index (χ2v) is 9.34. The van der Waals surface area contributed by atoms with Crippen LogP contribution in [-0.2, 0) is 4.79 Å². The summed E-state index contributed by atoms with van der Waals surface area (Å²) in [6, 6.07) is 17.7. The lowest BCUT2D eigenvalue weighted by Crippen LogP contribution is -2.51. The summed E-state index contributed by atoms with van der Waals surface area (Å²) in [7, 11) is 0. The summed E-state index contributed by atoms with van der Waals surface area (Å²) in [4.78, 5) is 28.8. The number of para-hydroxylation sites is 1. The minimum Gasteiger partial charge on any atom is -0.380 e. The van der Waals surface area contributed by atoms with E-state index in [0.29, 0.717) is 18.0 Å². The van der Waals surface area contributed by atoms with Gasteiger partial charge in [0, 0.05) is 42.3 Å². The van der Waals surface area contributed by atoms with E-state index in [2.05, 4.69) is 27.7 Å². The molecule has 1 saturated heterocycles. The van der Waals surface area contributed by atoms with E-state index in [0.717, 1.165) is 44.3 Å². The molecule has 6 heteroatoms. The van der Waals surface area contributed by atoms with E-state index in [1.807, 2.05) is 42.5 Å². The third kappa shape index (κ3) is 3.77. The molecule has 2 aliphatic heterocycles. The number of hydrogen-bond donors (Lipinski definition) is 3. The number of hydrogen-bond acceptors (Lipinski definition) is 4. The summed E-state index contributed by atoms with van der Waals surface area (Å²) in [5.41, 5.74) is 9.01. The highest BCUT2D eigenvalue weighted by molar-refractivity contribution is 5.94. The summed E-state index contributed by atoms with van der Waals surface area (Å²) in [5.74, 6) is 0.237. The quantitative estimate of drug-likeness (QED) is 0.692. The second kappa shape index (κ2) is 8.94. The van der Waals surface area contributed by atoms with Crippen molar-refractivity contribution in [2.24, 2.45) is 17.6 Å².